The summed E-state index contributed by atoms with van der Waals surface area (Å²) in [6.07, 6.45) is 2.66. The number of rotatable bonds is 8. The average molecular weight is 235 g/mol. The van der Waals surface area contributed by atoms with Crippen LogP contribution in [0, 0.1) is 0 Å². The number of ether oxygens (including phenoxy) is 2. The molecule has 17 heavy (non-hydrogen) atoms. The zero-order chi connectivity index (χ0) is 11.9. The molecule has 1 aromatic rings. The predicted octanol–water partition coefficient (Wildman–Crippen LogP) is 2.35. The molecular weight excluding hydrogens is 214 g/mol. The van der Waals surface area contributed by atoms with Crippen molar-refractivity contribution in [3.63, 3.8) is 0 Å². The molecule has 3 heteroatoms. The second kappa shape index (κ2) is 6.62. The first kappa shape index (κ1) is 12.4. The first-order valence-electron chi connectivity index (χ1n) is 6.41. The van der Waals surface area contributed by atoms with E-state index >= 15 is 0 Å². The molecule has 1 aromatic carbocycles. The number of hydrogen-bond acceptors (Lipinski definition) is 3. The fraction of sp³-hybridized carbons (Fsp3) is 0.571. The Morgan fingerprint density at radius 1 is 1.18 bits per heavy atom. The molecule has 0 bridgehead atoms. The topological polar surface area (TPSA) is 30.5 Å². The molecule has 0 unspecified atom stereocenters. The second-order valence-corrected chi connectivity index (χ2v) is 4.34. The Bertz CT molecular complexity index is 319. The Hall–Kier alpha value is -1.06. The lowest BCUT2D eigenvalue weighted by atomic mass is 10.2. The fourth-order valence-corrected chi connectivity index (χ4v) is 1.62. The van der Waals surface area contributed by atoms with Crippen molar-refractivity contribution in [1.29, 1.82) is 0 Å². The highest BCUT2D eigenvalue weighted by Crippen LogP contribution is 2.19. The van der Waals surface area contributed by atoms with E-state index < -0.39 is 0 Å². The summed E-state index contributed by atoms with van der Waals surface area (Å²) < 4.78 is 10.8. The highest BCUT2D eigenvalue weighted by molar-refractivity contribution is 5.27. The van der Waals surface area contributed by atoms with Gasteiger partial charge in [0.2, 0.25) is 0 Å². The van der Waals surface area contributed by atoms with Crippen LogP contribution in [0.5, 0.6) is 5.75 Å². The largest absolute Gasteiger partial charge is 0.491 e. The van der Waals surface area contributed by atoms with Crippen molar-refractivity contribution in [1.82, 2.24) is 5.32 Å². The van der Waals surface area contributed by atoms with Crippen LogP contribution in [-0.2, 0) is 11.3 Å². The summed E-state index contributed by atoms with van der Waals surface area (Å²) in [6, 6.07) is 9.04. The highest BCUT2D eigenvalue weighted by atomic mass is 16.5. The Balaban J connectivity index is 1.68. The molecule has 0 aliphatic heterocycles. The Labute approximate surface area is 103 Å². The molecule has 0 aromatic heterocycles. The molecule has 0 atom stereocenters. The number of nitrogens with one attached hydrogen (secondary N) is 1. The first-order valence-corrected chi connectivity index (χ1v) is 6.41. The molecule has 1 saturated carbocycles. The minimum atomic E-state index is 0.619. The maximum Gasteiger partial charge on any atom is 0.119 e. The van der Waals surface area contributed by atoms with E-state index in [1.165, 1.54) is 18.4 Å². The van der Waals surface area contributed by atoms with Crippen LogP contribution >= 0.6 is 0 Å². The van der Waals surface area contributed by atoms with Gasteiger partial charge in [0, 0.05) is 19.2 Å². The van der Waals surface area contributed by atoms with Crippen molar-refractivity contribution in [2.75, 3.05) is 19.8 Å². The van der Waals surface area contributed by atoms with Crippen molar-refractivity contribution >= 4 is 0 Å². The van der Waals surface area contributed by atoms with Crippen LogP contribution < -0.4 is 10.1 Å². The Kier molecular flexibility index (Phi) is 4.83. The lowest BCUT2D eigenvalue weighted by Crippen LogP contribution is -2.15. The molecule has 0 amide bonds. The van der Waals surface area contributed by atoms with Crippen LogP contribution in [0.4, 0.5) is 0 Å². The SMILES string of the molecule is CCOCCOc1ccc(CNC2CC2)cc1. The number of benzene rings is 1. The van der Waals surface area contributed by atoms with Crippen LogP contribution in [0.25, 0.3) is 0 Å². The summed E-state index contributed by atoms with van der Waals surface area (Å²) in [4.78, 5) is 0. The standard InChI is InChI=1S/C14H21NO2/c1-2-16-9-10-17-14-7-3-12(4-8-14)11-15-13-5-6-13/h3-4,7-8,13,15H,2,5-6,9-11H2,1H3. The fourth-order valence-electron chi connectivity index (χ4n) is 1.62. The van der Waals surface area contributed by atoms with Gasteiger partial charge in [0.05, 0.1) is 6.61 Å². The van der Waals surface area contributed by atoms with Crippen molar-refractivity contribution in [3.05, 3.63) is 29.8 Å². The van der Waals surface area contributed by atoms with Gasteiger partial charge in [-0.15, -0.1) is 0 Å². The molecule has 1 N–H and O–H groups in total. The van der Waals surface area contributed by atoms with Gasteiger partial charge in [-0.05, 0) is 37.5 Å². The minimum Gasteiger partial charge on any atom is -0.491 e. The van der Waals surface area contributed by atoms with Gasteiger partial charge in [-0.3, -0.25) is 0 Å². The summed E-state index contributed by atoms with van der Waals surface area (Å²) in [5.74, 6) is 0.917. The van der Waals surface area contributed by atoms with E-state index in [0.717, 1.165) is 24.9 Å². The van der Waals surface area contributed by atoms with Gasteiger partial charge in [-0.1, -0.05) is 12.1 Å². The molecule has 2 rings (SSSR count). The van der Waals surface area contributed by atoms with Gasteiger partial charge in [-0.25, -0.2) is 0 Å². The molecule has 1 aliphatic carbocycles. The lowest BCUT2D eigenvalue weighted by molar-refractivity contribution is 0.110. The maximum absolute atomic E-state index is 5.56. The molecule has 1 fully saturated rings. The maximum atomic E-state index is 5.56. The smallest absolute Gasteiger partial charge is 0.119 e. The molecule has 1 aliphatic rings. The third-order valence-corrected chi connectivity index (χ3v) is 2.80. The van der Waals surface area contributed by atoms with Crippen LogP contribution in [0.1, 0.15) is 25.3 Å². The first-order chi connectivity index (χ1) is 8.38. The van der Waals surface area contributed by atoms with E-state index in [1.54, 1.807) is 0 Å². The Morgan fingerprint density at radius 2 is 1.94 bits per heavy atom. The van der Waals surface area contributed by atoms with Crippen molar-refractivity contribution in [3.8, 4) is 5.75 Å². The van der Waals surface area contributed by atoms with Crippen LogP contribution in [0.15, 0.2) is 24.3 Å². The molecule has 0 radical (unpaired) electrons. The molecule has 0 saturated heterocycles. The van der Waals surface area contributed by atoms with Crippen LogP contribution in [-0.4, -0.2) is 25.9 Å². The zero-order valence-corrected chi connectivity index (χ0v) is 10.4. The van der Waals surface area contributed by atoms with Crippen LogP contribution in [0.3, 0.4) is 0 Å². The summed E-state index contributed by atoms with van der Waals surface area (Å²) in [7, 11) is 0. The van der Waals surface area contributed by atoms with Gasteiger partial charge >= 0.3 is 0 Å². The minimum absolute atomic E-state index is 0.619. The van der Waals surface area contributed by atoms with E-state index in [2.05, 4.69) is 17.4 Å². The van der Waals surface area contributed by atoms with Gasteiger partial charge in [0.1, 0.15) is 12.4 Å². The average Bonchev–Trinajstić information content (AvgIpc) is 3.18. The molecule has 3 nitrogen and oxygen atoms in total. The summed E-state index contributed by atoms with van der Waals surface area (Å²) in [5, 5.41) is 3.49. The van der Waals surface area contributed by atoms with Gasteiger partial charge in [0.25, 0.3) is 0 Å². The third-order valence-electron chi connectivity index (χ3n) is 2.80. The van der Waals surface area contributed by atoms with Crippen molar-refractivity contribution < 1.29 is 9.47 Å². The number of hydrogen-bond donors (Lipinski definition) is 1. The summed E-state index contributed by atoms with van der Waals surface area (Å²) >= 11 is 0. The van der Waals surface area contributed by atoms with Gasteiger partial charge < -0.3 is 14.8 Å². The van der Waals surface area contributed by atoms with Crippen LogP contribution in [0.2, 0.25) is 0 Å². The quantitative estimate of drug-likeness (QED) is 0.702. The second-order valence-electron chi connectivity index (χ2n) is 4.34. The lowest BCUT2D eigenvalue weighted by Gasteiger charge is -2.07. The van der Waals surface area contributed by atoms with Gasteiger partial charge in [-0.2, -0.15) is 0 Å². The van der Waals surface area contributed by atoms with E-state index in [1.807, 2.05) is 19.1 Å². The molecule has 94 valence electrons. The molecular formula is C14H21NO2. The molecule has 0 heterocycles. The predicted molar refractivity (Wildman–Crippen MR) is 68.3 cm³/mol. The van der Waals surface area contributed by atoms with Crippen molar-refractivity contribution in [2.24, 2.45) is 0 Å². The third kappa shape index (κ3) is 4.75. The van der Waals surface area contributed by atoms with E-state index in [4.69, 9.17) is 9.47 Å². The summed E-state index contributed by atoms with van der Waals surface area (Å²) in [5.41, 5.74) is 1.31. The van der Waals surface area contributed by atoms with Gasteiger partial charge in [0.15, 0.2) is 0 Å². The van der Waals surface area contributed by atoms with E-state index in [-0.39, 0.29) is 0 Å². The zero-order valence-electron chi connectivity index (χ0n) is 10.4. The van der Waals surface area contributed by atoms with E-state index in [0.29, 0.717) is 13.2 Å². The monoisotopic (exact) mass is 235 g/mol. The highest BCUT2D eigenvalue weighted by Gasteiger charge is 2.19. The Morgan fingerprint density at radius 3 is 2.59 bits per heavy atom. The molecule has 0 spiro atoms. The normalized spacial score (nSPS) is 14.9. The summed E-state index contributed by atoms with van der Waals surface area (Å²) in [6.45, 7) is 4.97. The van der Waals surface area contributed by atoms with E-state index in [9.17, 15) is 0 Å². The van der Waals surface area contributed by atoms with Crippen molar-refractivity contribution in [2.45, 2.75) is 32.4 Å².